The quantitative estimate of drug-likeness (QED) is 0.471. The maximum absolute atomic E-state index is 13.3. The molecule has 0 aliphatic rings. The number of thiophene rings is 1. The van der Waals surface area contributed by atoms with Crippen LogP contribution in [0.4, 0.5) is 0 Å². The molecule has 0 saturated carbocycles. The van der Waals surface area contributed by atoms with Gasteiger partial charge in [-0.05, 0) is 42.5 Å². The summed E-state index contributed by atoms with van der Waals surface area (Å²) in [6.07, 6.45) is 0. The van der Waals surface area contributed by atoms with E-state index < -0.39 is 16.0 Å². The molecule has 0 aliphatic carbocycles. The number of esters is 1. The molecule has 8 nitrogen and oxygen atoms in total. The normalized spacial score (nSPS) is 12.7. The van der Waals surface area contributed by atoms with E-state index in [1.54, 1.807) is 13.0 Å². The van der Waals surface area contributed by atoms with E-state index in [0.717, 1.165) is 4.88 Å². The van der Waals surface area contributed by atoms with E-state index in [2.05, 4.69) is 9.88 Å². The summed E-state index contributed by atoms with van der Waals surface area (Å²) in [5.74, 6) is -0.156. The van der Waals surface area contributed by atoms with Crippen molar-refractivity contribution < 1.29 is 27.2 Å². The molecule has 1 atom stereocenters. The number of sulfonamides is 1. The predicted octanol–water partition coefficient (Wildman–Crippen LogP) is 4.26. The minimum atomic E-state index is -3.94. The molecule has 0 saturated heterocycles. The zero-order valence-corrected chi connectivity index (χ0v) is 19.2. The molecule has 2 heterocycles. The first-order valence-electron chi connectivity index (χ1n) is 9.64. The Kier molecular flexibility index (Phi) is 7.14. The third-order valence-electron chi connectivity index (χ3n) is 4.53. The van der Waals surface area contributed by atoms with Crippen LogP contribution in [-0.4, -0.2) is 33.3 Å². The van der Waals surface area contributed by atoms with Crippen LogP contribution in [0.25, 0.3) is 11.3 Å². The number of carbonyl (C=O) groups excluding carboxylic acids is 1. The highest BCUT2D eigenvalue weighted by atomic mass is 32.2. The van der Waals surface area contributed by atoms with Gasteiger partial charge < -0.3 is 14.0 Å². The average Bonchev–Trinajstić information content (AvgIpc) is 3.44. The molecule has 31 heavy (non-hydrogen) atoms. The first kappa shape index (κ1) is 23.0. The molecule has 0 radical (unpaired) electrons. The number of hydrogen-bond acceptors (Lipinski definition) is 8. The number of benzene rings is 1. The summed E-state index contributed by atoms with van der Waals surface area (Å²) in [4.78, 5) is 12.7. The van der Waals surface area contributed by atoms with E-state index in [1.165, 1.54) is 36.6 Å². The molecule has 0 unspecified atom stereocenters. The topological polar surface area (TPSA) is 108 Å². The predicted molar refractivity (Wildman–Crippen MR) is 117 cm³/mol. The van der Waals surface area contributed by atoms with Crippen molar-refractivity contribution in [2.24, 2.45) is 5.92 Å². The van der Waals surface area contributed by atoms with Crippen molar-refractivity contribution >= 4 is 27.3 Å². The van der Waals surface area contributed by atoms with E-state index >= 15 is 0 Å². The fourth-order valence-electron chi connectivity index (χ4n) is 2.97. The molecule has 0 bridgehead atoms. The summed E-state index contributed by atoms with van der Waals surface area (Å²) in [6, 6.07) is 9.40. The summed E-state index contributed by atoms with van der Waals surface area (Å²) < 4.78 is 44.8. The molecule has 166 valence electrons. The van der Waals surface area contributed by atoms with Crippen molar-refractivity contribution in [3.8, 4) is 17.1 Å². The lowest BCUT2D eigenvalue weighted by atomic mass is 10.0. The molecule has 3 rings (SSSR count). The fraction of sp³-hybridized carbons (Fsp3) is 0.333. The Hall–Kier alpha value is -2.69. The molecule has 2 aromatic heterocycles. The lowest BCUT2D eigenvalue weighted by Crippen LogP contribution is -2.31. The van der Waals surface area contributed by atoms with E-state index in [1.807, 2.05) is 31.4 Å². The van der Waals surface area contributed by atoms with Gasteiger partial charge in [-0.25, -0.2) is 17.9 Å². The highest BCUT2D eigenvalue weighted by Crippen LogP contribution is 2.33. The molecule has 1 aromatic carbocycles. The molecular formula is C21H24N2O6S2. The van der Waals surface area contributed by atoms with Gasteiger partial charge in [-0.1, -0.05) is 25.1 Å². The summed E-state index contributed by atoms with van der Waals surface area (Å²) >= 11 is 1.49. The van der Waals surface area contributed by atoms with Crippen molar-refractivity contribution in [3.05, 3.63) is 52.3 Å². The van der Waals surface area contributed by atoms with Crippen LogP contribution < -0.4 is 9.46 Å². The lowest BCUT2D eigenvalue weighted by Gasteiger charge is -2.22. The third kappa shape index (κ3) is 5.15. The molecule has 0 spiro atoms. The van der Waals surface area contributed by atoms with Crippen LogP contribution in [0.5, 0.6) is 5.75 Å². The van der Waals surface area contributed by atoms with E-state index in [0.29, 0.717) is 5.56 Å². The first-order chi connectivity index (χ1) is 14.8. The van der Waals surface area contributed by atoms with E-state index in [-0.39, 0.29) is 40.7 Å². The zero-order valence-electron chi connectivity index (χ0n) is 17.6. The molecule has 0 amide bonds. The van der Waals surface area contributed by atoms with Gasteiger partial charge in [0.1, 0.15) is 10.6 Å². The molecule has 3 aromatic rings. The lowest BCUT2D eigenvalue weighted by molar-refractivity contribution is 0.0514. The second kappa shape index (κ2) is 9.63. The van der Waals surface area contributed by atoms with Crippen LogP contribution in [0.15, 0.2) is 51.2 Å². The number of ether oxygens (including phenoxy) is 2. The number of carbonyl (C=O) groups is 1. The largest absolute Gasteiger partial charge is 0.495 e. The fourth-order valence-corrected chi connectivity index (χ4v) is 5.56. The Labute approximate surface area is 185 Å². The van der Waals surface area contributed by atoms with E-state index in [4.69, 9.17) is 14.0 Å². The van der Waals surface area contributed by atoms with Gasteiger partial charge in [0.2, 0.25) is 10.0 Å². The molecule has 0 fully saturated rings. The van der Waals surface area contributed by atoms with Crippen molar-refractivity contribution in [2.75, 3.05) is 13.7 Å². The summed E-state index contributed by atoms with van der Waals surface area (Å²) in [5, 5.41) is 5.61. The number of hydrogen-bond donors (Lipinski definition) is 1. The van der Waals surface area contributed by atoms with Crippen LogP contribution in [0.2, 0.25) is 0 Å². The average molecular weight is 465 g/mol. The van der Waals surface area contributed by atoms with Crippen molar-refractivity contribution in [1.82, 2.24) is 9.88 Å². The Bertz CT molecular complexity index is 1140. The molecule has 0 aliphatic heterocycles. The van der Waals surface area contributed by atoms with Gasteiger partial charge >= 0.3 is 5.97 Å². The zero-order chi connectivity index (χ0) is 22.6. The van der Waals surface area contributed by atoms with Gasteiger partial charge in [-0.15, -0.1) is 11.3 Å². The van der Waals surface area contributed by atoms with Crippen LogP contribution in [0.1, 0.15) is 42.2 Å². The maximum Gasteiger partial charge on any atom is 0.360 e. The highest BCUT2D eigenvalue weighted by Gasteiger charge is 2.28. The second-order valence-corrected chi connectivity index (χ2v) is 9.68. The van der Waals surface area contributed by atoms with Gasteiger partial charge in [0.25, 0.3) is 0 Å². The van der Waals surface area contributed by atoms with Gasteiger partial charge in [-0.2, -0.15) is 0 Å². The number of methoxy groups -OCH3 is 1. The number of aromatic nitrogens is 1. The van der Waals surface area contributed by atoms with Crippen molar-refractivity contribution in [1.29, 1.82) is 0 Å². The standard InChI is InChI=1S/C21H24N2O6S2/c1-5-28-21(24)15-12-17(29-22-15)14-8-9-16(27-4)19(11-14)31(25,26)23-20(13(2)3)18-7-6-10-30-18/h6-13,20,23H,5H2,1-4H3/t20-/m0/s1. The van der Waals surface area contributed by atoms with Crippen molar-refractivity contribution in [2.45, 2.75) is 31.7 Å². The number of nitrogens with one attached hydrogen (secondary N) is 1. The molecule has 10 heteroatoms. The van der Waals surface area contributed by atoms with Crippen LogP contribution in [0, 0.1) is 5.92 Å². The minimum absolute atomic E-state index is 0.00719. The van der Waals surface area contributed by atoms with Gasteiger partial charge in [-0.3, -0.25) is 0 Å². The van der Waals surface area contributed by atoms with Gasteiger partial charge in [0.15, 0.2) is 11.5 Å². The number of nitrogens with zero attached hydrogens (tertiary/aromatic N) is 1. The van der Waals surface area contributed by atoms with Crippen molar-refractivity contribution in [3.63, 3.8) is 0 Å². The maximum atomic E-state index is 13.3. The molecular weight excluding hydrogens is 440 g/mol. The summed E-state index contributed by atoms with van der Waals surface area (Å²) in [6.45, 7) is 5.80. The Morgan fingerprint density at radius 3 is 2.65 bits per heavy atom. The third-order valence-corrected chi connectivity index (χ3v) is 6.95. The van der Waals surface area contributed by atoms with Gasteiger partial charge in [0.05, 0.1) is 19.8 Å². The Morgan fingerprint density at radius 2 is 2.03 bits per heavy atom. The summed E-state index contributed by atoms with van der Waals surface area (Å²) in [7, 11) is -2.54. The minimum Gasteiger partial charge on any atom is -0.495 e. The van der Waals surface area contributed by atoms with Crippen LogP contribution in [0.3, 0.4) is 0 Å². The smallest absolute Gasteiger partial charge is 0.360 e. The van der Waals surface area contributed by atoms with Gasteiger partial charge in [0, 0.05) is 16.5 Å². The summed E-state index contributed by atoms with van der Waals surface area (Å²) in [5.41, 5.74) is 0.439. The molecule has 1 N–H and O–H groups in total. The Balaban J connectivity index is 1.97. The monoisotopic (exact) mass is 464 g/mol. The second-order valence-electron chi connectivity index (χ2n) is 7.02. The first-order valence-corrected chi connectivity index (χ1v) is 12.0. The SMILES string of the molecule is CCOC(=O)c1cc(-c2ccc(OC)c(S(=O)(=O)N[C@H](c3cccs3)C(C)C)c2)on1. The van der Waals surface area contributed by atoms with Crippen LogP contribution in [-0.2, 0) is 14.8 Å². The van der Waals surface area contributed by atoms with E-state index in [9.17, 15) is 13.2 Å². The number of rotatable bonds is 9. The Morgan fingerprint density at radius 1 is 1.26 bits per heavy atom. The van der Waals surface area contributed by atoms with Crippen LogP contribution >= 0.6 is 11.3 Å². The highest BCUT2D eigenvalue weighted by molar-refractivity contribution is 7.89.